The van der Waals surface area contributed by atoms with E-state index in [1.807, 2.05) is 0 Å². The minimum Gasteiger partial charge on any atom is -0.313 e. The number of piperidine rings is 1. The molecule has 4 amide bonds. The predicted octanol–water partition coefficient (Wildman–Crippen LogP) is 0.124. The Morgan fingerprint density at radius 2 is 1.67 bits per heavy atom. The van der Waals surface area contributed by atoms with Crippen LogP contribution in [-0.4, -0.2) is 41.1 Å². The second-order valence-electron chi connectivity index (χ2n) is 6.39. The van der Waals surface area contributed by atoms with Crippen LogP contribution < -0.4 is 10.6 Å². The van der Waals surface area contributed by atoms with E-state index in [2.05, 4.69) is 10.6 Å². The van der Waals surface area contributed by atoms with Gasteiger partial charge in [-0.2, -0.15) is 0 Å². The van der Waals surface area contributed by atoms with Gasteiger partial charge in [0, 0.05) is 13.0 Å². The molecule has 0 spiro atoms. The van der Waals surface area contributed by atoms with E-state index in [-0.39, 0.29) is 18.7 Å². The Morgan fingerprint density at radius 1 is 0.958 bits per heavy atom. The maximum Gasteiger partial charge on any atom is 0.262 e. The van der Waals surface area contributed by atoms with Gasteiger partial charge in [0.05, 0.1) is 11.1 Å². The van der Waals surface area contributed by atoms with Gasteiger partial charge in [-0.05, 0) is 49.1 Å². The Morgan fingerprint density at radius 3 is 2.38 bits per heavy atom. The van der Waals surface area contributed by atoms with Crippen molar-refractivity contribution in [3.05, 3.63) is 34.4 Å². The second kappa shape index (κ2) is 5.52. The van der Waals surface area contributed by atoms with Gasteiger partial charge in [0.25, 0.3) is 11.8 Å². The average Bonchev–Trinajstić information content (AvgIpc) is 2.72. The lowest BCUT2D eigenvalue weighted by molar-refractivity contribution is -0.136. The van der Waals surface area contributed by atoms with Crippen LogP contribution in [0.2, 0.25) is 0 Å². The Kier molecular flexibility index (Phi) is 3.45. The largest absolute Gasteiger partial charge is 0.313 e. The summed E-state index contributed by atoms with van der Waals surface area (Å²) in [6.07, 6.45) is 2.14. The minimum absolute atomic E-state index is 0.129. The van der Waals surface area contributed by atoms with Crippen molar-refractivity contribution in [3.8, 4) is 0 Å². The van der Waals surface area contributed by atoms with Gasteiger partial charge < -0.3 is 5.32 Å². The molecule has 24 heavy (non-hydrogen) atoms. The molecule has 2 N–H and O–H groups in total. The summed E-state index contributed by atoms with van der Waals surface area (Å²) in [4.78, 5) is 49.8. The summed E-state index contributed by atoms with van der Waals surface area (Å²) in [7, 11) is 0. The van der Waals surface area contributed by atoms with Crippen LogP contribution in [0.1, 0.15) is 51.1 Å². The molecule has 4 rings (SSSR count). The standard InChI is InChI=1S/C17H17N3O4/c21-14-4-3-13(15(22)19-14)20-16(23)11-6-9-2-1-5-18-8-10(9)7-12(11)17(20)24/h6-7,13,18H,1-5,8H2,(H,19,21,22)/t13-/m0/s1. The maximum absolute atomic E-state index is 12.7. The lowest BCUT2D eigenvalue weighted by Gasteiger charge is -2.27. The molecule has 0 aromatic heterocycles. The number of hydrogen-bond donors (Lipinski definition) is 2. The third kappa shape index (κ3) is 2.24. The SMILES string of the molecule is O=C1CC[C@H](N2C(=O)c3cc4c(cc3C2=O)CNCCC4)C(=O)N1. The Bertz CT molecular complexity index is 741. The molecule has 0 saturated carbocycles. The molecule has 7 nitrogen and oxygen atoms in total. The number of rotatable bonds is 1. The average molecular weight is 327 g/mol. The molecule has 1 aromatic carbocycles. The number of hydrogen-bond acceptors (Lipinski definition) is 5. The Balaban J connectivity index is 1.71. The molecule has 0 bridgehead atoms. The van der Waals surface area contributed by atoms with E-state index >= 15 is 0 Å². The first-order valence-electron chi connectivity index (χ1n) is 8.14. The molecule has 3 aliphatic heterocycles. The van der Waals surface area contributed by atoms with E-state index in [1.54, 1.807) is 12.1 Å². The van der Waals surface area contributed by atoms with Crippen LogP contribution in [0.15, 0.2) is 12.1 Å². The summed E-state index contributed by atoms with van der Waals surface area (Å²) in [5.41, 5.74) is 2.82. The van der Waals surface area contributed by atoms with Crippen molar-refractivity contribution in [3.63, 3.8) is 0 Å². The van der Waals surface area contributed by atoms with E-state index in [4.69, 9.17) is 0 Å². The van der Waals surface area contributed by atoms with Crippen LogP contribution >= 0.6 is 0 Å². The zero-order chi connectivity index (χ0) is 16.8. The third-order valence-electron chi connectivity index (χ3n) is 4.88. The van der Waals surface area contributed by atoms with Gasteiger partial charge in [-0.1, -0.05) is 0 Å². The summed E-state index contributed by atoms with van der Waals surface area (Å²) in [6, 6.07) is 2.66. The summed E-state index contributed by atoms with van der Waals surface area (Å²) < 4.78 is 0. The number of amides is 4. The first-order chi connectivity index (χ1) is 11.6. The van der Waals surface area contributed by atoms with Crippen molar-refractivity contribution < 1.29 is 19.2 Å². The number of carbonyl (C=O) groups is 4. The quantitative estimate of drug-likeness (QED) is 0.715. The fourth-order valence-electron chi connectivity index (χ4n) is 3.63. The number of carbonyl (C=O) groups excluding carboxylic acids is 4. The molecule has 0 aliphatic carbocycles. The van der Waals surface area contributed by atoms with E-state index in [9.17, 15) is 19.2 Å². The smallest absolute Gasteiger partial charge is 0.262 e. The molecular formula is C17H17N3O4. The summed E-state index contributed by atoms with van der Waals surface area (Å²) in [5, 5.41) is 5.50. The highest BCUT2D eigenvalue weighted by Gasteiger charge is 2.44. The van der Waals surface area contributed by atoms with Crippen molar-refractivity contribution in [1.29, 1.82) is 0 Å². The van der Waals surface area contributed by atoms with Crippen LogP contribution in [-0.2, 0) is 22.6 Å². The van der Waals surface area contributed by atoms with Crippen LogP contribution in [0.5, 0.6) is 0 Å². The van der Waals surface area contributed by atoms with Gasteiger partial charge in [0.2, 0.25) is 11.8 Å². The zero-order valence-electron chi connectivity index (χ0n) is 13.1. The first-order valence-corrected chi connectivity index (χ1v) is 8.14. The highest BCUT2D eigenvalue weighted by atomic mass is 16.2. The van der Waals surface area contributed by atoms with Gasteiger partial charge in [-0.3, -0.25) is 29.4 Å². The molecule has 0 radical (unpaired) electrons. The highest BCUT2D eigenvalue weighted by Crippen LogP contribution is 2.30. The fourth-order valence-corrected chi connectivity index (χ4v) is 3.63. The number of aryl methyl sites for hydroxylation is 1. The molecule has 1 saturated heterocycles. The molecular weight excluding hydrogens is 310 g/mol. The fraction of sp³-hybridized carbons (Fsp3) is 0.412. The molecule has 1 aromatic rings. The highest BCUT2D eigenvalue weighted by molar-refractivity contribution is 6.23. The molecule has 1 fully saturated rings. The second-order valence-corrected chi connectivity index (χ2v) is 6.39. The Labute approximate surface area is 138 Å². The number of nitrogens with one attached hydrogen (secondary N) is 2. The molecule has 0 unspecified atom stereocenters. The molecule has 3 heterocycles. The van der Waals surface area contributed by atoms with Gasteiger partial charge in [-0.15, -0.1) is 0 Å². The van der Waals surface area contributed by atoms with Crippen LogP contribution in [0.25, 0.3) is 0 Å². The first kappa shape index (κ1) is 15.0. The predicted molar refractivity (Wildman–Crippen MR) is 83.1 cm³/mol. The van der Waals surface area contributed by atoms with Crippen LogP contribution in [0.3, 0.4) is 0 Å². The van der Waals surface area contributed by atoms with Gasteiger partial charge >= 0.3 is 0 Å². The summed E-state index contributed by atoms with van der Waals surface area (Å²) in [5.74, 6) is -1.84. The molecule has 124 valence electrons. The van der Waals surface area contributed by atoms with E-state index in [0.29, 0.717) is 17.7 Å². The van der Waals surface area contributed by atoms with Crippen molar-refractivity contribution in [2.75, 3.05) is 6.54 Å². The third-order valence-corrected chi connectivity index (χ3v) is 4.88. The monoisotopic (exact) mass is 327 g/mol. The summed E-state index contributed by atoms with van der Waals surface area (Å²) in [6.45, 7) is 1.58. The van der Waals surface area contributed by atoms with E-state index < -0.39 is 23.8 Å². The lowest BCUT2D eigenvalue weighted by Crippen LogP contribution is -2.54. The minimum atomic E-state index is -0.909. The Hall–Kier alpha value is -2.54. The zero-order valence-corrected chi connectivity index (χ0v) is 13.1. The van der Waals surface area contributed by atoms with E-state index in [0.717, 1.165) is 35.4 Å². The summed E-state index contributed by atoms with van der Waals surface area (Å²) >= 11 is 0. The van der Waals surface area contributed by atoms with Gasteiger partial charge in [-0.25, -0.2) is 0 Å². The number of fused-ring (bicyclic) bond motifs is 2. The van der Waals surface area contributed by atoms with Gasteiger partial charge in [0.15, 0.2) is 0 Å². The number of nitrogens with zero attached hydrogens (tertiary/aromatic N) is 1. The maximum atomic E-state index is 12.7. The van der Waals surface area contributed by atoms with E-state index in [1.165, 1.54) is 0 Å². The molecule has 7 heteroatoms. The lowest BCUT2D eigenvalue weighted by atomic mass is 9.97. The molecule has 3 aliphatic rings. The number of imide groups is 2. The number of benzene rings is 1. The topological polar surface area (TPSA) is 95.6 Å². The van der Waals surface area contributed by atoms with Crippen molar-refractivity contribution in [1.82, 2.24) is 15.5 Å². The normalized spacial score (nSPS) is 23.7. The van der Waals surface area contributed by atoms with Crippen molar-refractivity contribution in [2.45, 2.75) is 38.3 Å². The molecule has 1 atom stereocenters. The van der Waals surface area contributed by atoms with Crippen LogP contribution in [0.4, 0.5) is 0 Å². The van der Waals surface area contributed by atoms with Gasteiger partial charge in [0.1, 0.15) is 6.04 Å². The van der Waals surface area contributed by atoms with Crippen molar-refractivity contribution in [2.24, 2.45) is 0 Å². The van der Waals surface area contributed by atoms with Crippen molar-refractivity contribution >= 4 is 23.6 Å². The van der Waals surface area contributed by atoms with Crippen LogP contribution in [0, 0.1) is 0 Å².